The lowest BCUT2D eigenvalue weighted by Crippen LogP contribution is -2.37. The number of hydrogen-bond acceptors (Lipinski definition) is 2. The van der Waals surface area contributed by atoms with Crippen molar-refractivity contribution in [3.05, 3.63) is 33.8 Å². The quantitative estimate of drug-likeness (QED) is 0.841. The second-order valence-electron chi connectivity index (χ2n) is 4.37. The van der Waals surface area contributed by atoms with Gasteiger partial charge in [0.2, 0.25) is 0 Å². The highest BCUT2D eigenvalue weighted by Crippen LogP contribution is 2.39. The fourth-order valence-electron chi connectivity index (χ4n) is 2.04. The summed E-state index contributed by atoms with van der Waals surface area (Å²) >= 11 is 4.67. The van der Waals surface area contributed by atoms with E-state index in [1.807, 2.05) is 6.92 Å². The molecule has 1 aromatic rings. The zero-order valence-electron chi connectivity index (χ0n) is 9.34. The van der Waals surface area contributed by atoms with Crippen LogP contribution in [0.3, 0.4) is 0 Å². The molecule has 0 aliphatic carbocycles. The van der Waals surface area contributed by atoms with Crippen molar-refractivity contribution in [1.29, 1.82) is 0 Å². The predicted molar refractivity (Wildman–Crippen MR) is 69.2 cm³/mol. The molecular weight excluding hydrogens is 310 g/mol. The van der Waals surface area contributed by atoms with Gasteiger partial charge < -0.3 is 5.11 Å². The van der Waals surface area contributed by atoms with E-state index in [-0.39, 0.29) is 21.7 Å². The summed E-state index contributed by atoms with van der Waals surface area (Å²) in [6.45, 7) is 1.89. The molecule has 1 heterocycles. The normalized spacial score (nSPS) is 28.6. The summed E-state index contributed by atoms with van der Waals surface area (Å²) in [5.41, 5.74) is -1.04. The van der Waals surface area contributed by atoms with Gasteiger partial charge in [-0.05, 0) is 40.2 Å². The van der Waals surface area contributed by atoms with Crippen molar-refractivity contribution in [1.82, 2.24) is 0 Å². The molecule has 1 saturated heterocycles. The molecule has 1 fully saturated rings. The molecule has 1 nitrogen and oxygen atoms in total. The van der Waals surface area contributed by atoms with Gasteiger partial charge in [-0.15, -0.1) is 0 Å². The molecule has 1 N–H and O–H groups in total. The number of aliphatic hydroxyl groups is 1. The van der Waals surface area contributed by atoms with Crippen molar-refractivity contribution in [2.45, 2.75) is 30.6 Å². The van der Waals surface area contributed by atoms with Gasteiger partial charge in [0.25, 0.3) is 0 Å². The molecule has 2 rings (SSSR count). The summed E-state index contributed by atoms with van der Waals surface area (Å²) in [7, 11) is 0. The molecule has 0 aromatic heterocycles. The standard InChI is InChI=1S/C12H13BrF2OS/c1-7-12(16,4-5-17-7)6-8-10(14)3-2-9(13)11(8)15/h2-3,7,16H,4-6H2,1H3. The molecule has 1 aliphatic heterocycles. The Labute approximate surface area is 112 Å². The van der Waals surface area contributed by atoms with Gasteiger partial charge in [-0.2, -0.15) is 11.8 Å². The van der Waals surface area contributed by atoms with Crippen LogP contribution < -0.4 is 0 Å². The number of benzene rings is 1. The average molecular weight is 323 g/mol. The molecule has 2 atom stereocenters. The molecule has 0 amide bonds. The van der Waals surface area contributed by atoms with E-state index in [4.69, 9.17) is 0 Å². The highest BCUT2D eigenvalue weighted by Gasteiger charge is 2.40. The van der Waals surface area contributed by atoms with Crippen LogP contribution in [0.5, 0.6) is 0 Å². The van der Waals surface area contributed by atoms with E-state index in [0.29, 0.717) is 6.42 Å². The first-order valence-electron chi connectivity index (χ1n) is 5.40. The highest BCUT2D eigenvalue weighted by atomic mass is 79.9. The Morgan fingerprint density at radius 1 is 1.53 bits per heavy atom. The zero-order valence-corrected chi connectivity index (χ0v) is 11.7. The van der Waals surface area contributed by atoms with Crippen LogP contribution >= 0.6 is 27.7 Å². The van der Waals surface area contributed by atoms with Crippen LogP contribution in [-0.4, -0.2) is 21.7 Å². The van der Waals surface area contributed by atoms with Crippen molar-refractivity contribution in [2.75, 3.05) is 5.75 Å². The maximum Gasteiger partial charge on any atom is 0.143 e. The first-order valence-corrected chi connectivity index (χ1v) is 7.24. The van der Waals surface area contributed by atoms with Crippen molar-refractivity contribution < 1.29 is 13.9 Å². The Kier molecular flexibility index (Phi) is 3.80. The van der Waals surface area contributed by atoms with E-state index in [0.717, 1.165) is 5.75 Å². The third-order valence-corrected chi connectivity index (χ3v) is 5.27. The average Bonchev–Trinajstić information content (AvgIpc) is 2.60. The Bertz CT molecular complexity index is 441. The number of thioether (sulfide) groups is 1. The second-order valence-corrected chi connectivity index (χ2v) is 6.67. The second kappa shape index (κ2) is 4.86. The smallest absolute Gasteiger partial charge is 0.143 e. The minimum atomic E-state index is -1.01. The van der Waals surface area contributed by atoms with Crippen LogP contribution in [0.4, 0.5) is 8.78 Å². The van der Waals surface area contributed by atoms with Crippen LogP contribution in [-0.2, 0) is 6.42 Å². The summed E-state index contributed by atoms with van der Waals surface area (Å²) in [4.78, 5) is 0. The molecule has 94 valence electrons. The summed E-state index contributed by atoms with van der Waals surface area (Å²) in [6, 6.07) is 2.56. The van der Waals surface area contributed by atoms with Crippen molar-refractivity contribution in [3.8, 4) is 0 Å². The van der Waals surface area contributed by atoms with Gasteiger partial charge in [-0.25, -0.2) is 8.78 Å². The van der Waals surface area contributed by atoms with Crippen molar-refractivity contribution >= 4 is 27.7 Å². The minimum Gasteiger partial charge on any atom is -0.388 e. The fraction of sp³-hybridized carbons (Fsp3) is 0.500. The minimum absolute atomic E-state index is 0.000261. The molecule has 5 heteroatoms. The van der Waals surface area contributed by atoms with Gasteiger partial charge in [0.1, 0.15) is 11.6 Å². The third-order valence-electron chi connectivity index (χ3n) is 3.28. The Morgan fingerprint density at radius 2 is 2.24 bits per heavy atom. The van der Waals surface area contributed by atoms with Gasteiger partial charge in [-0.1, -0.05) is 6.92 Å². The largest absolute Gasteiger partial charge is 0.388 e. The third kappa shape index (κ3) is 2.51. The maximum atomic E-state index is 13.8. The van der Waals surface area contributed by atoms with Gasteiger partial charge in [0.15, 0.2) is 0 Å². The van der Waals surface area contributed by atoms with E-state index >= 15 is 0 Å². The van der Waals surface area contributed by atoms with E-state index in [1.54, 1.807) is 11.8 Å². The Morgan fingerprint density at radius 3 is 2.82 bits per heavy atom. The molecular formula is C12H13BrF2OS. The number of halogens is 3. The molecule has 1 aliphatic rings. The van der Waals surface area contributed by atoms with Crippen LogP contribution in [0.2, 0.25) is 0 Å². The molecule has 0 spiro atoms. The summed E-state index contributed by atoms with van der Waals surface area (Å²) in [5.74, 6) is -0.375. The summed E-state index contributed by atoms with van der Waals surface area (Å²) < 4.78 is 27.6. The topological polar surface area (TPSA) is 20.2 Å². The maximum absolute atomic E-state index is 13.8. The van der Waals surface area contributed by atoms with Crippen LogP contribution in [0.15, 0.2) is 16.6 Å². The first kappa shape index (κ1) is 13.3. The molecule has 0 radical (unpaired) electrons. The van der Waals surface area contributed by atoms with Crippen LogP contribution in [0.25, 0.3) is 0 Å². The molecule has 0 bridgehead atoms. The molecule has 2 unspecified atom stereocenters. The van der Waals surface area contributed by atoms with E-state index < -0.39 is 17.2 Å². The number of rotatable bonds is 2. The summed E-state index contributed by atoms with van der Waals surface area (Å²) in [6.07, 6.45) is 0.600. The Balaban J connectivity index is 2.33. The van der Waals surface area contributed by atoms with Crippen molar-refractivity contribution in [2.24, 2.45) is 0 Å². The highest BCUT2D eigenvalue weighted by molar-refractivity contribution is 9.10. The van der Waals surface area contributed by atoms with Gasteiger partial charge in [0, 0.05) is 17.2 Å². The van der Waals surface area contributed by atoms with Crippen LogP contribution in [0, 0.1) is 11.6 Å². The molecule has 0 saturated carbocycles. The lowest BCUT2D eigenvalue weighted by atomic mass is 9.89. The predicted octanol–water partition coefficient (Wildman–Crippen LogP) is 3.53. The first-order chi connectivity index (χ1) is 7.94. The zero-order chi connectivity index (χ0) is 12.6. The SMILES string of the molecule is CC1SCCC1(O)Cc1c(F)ccc(Br)c1F. The van der Waals surface area contributed by atoms with Gasteiger partial charge in [0.05, 0.1) is 10.1 Å². The van der Waals surface area contributed by atoms with E-state index in [9.17, 15) is 13.9 Å². The number of hydrogen-bond donors (Lipinski definition) is 1. The van der Waals surface area contributed by atoms with E-state index in [2.05, 4.69) is 15.9 Å². The monoisotopic (exact) mass is 322 g/mol. The lowest BCUT2D eigenvalue weighted by molar-refractivity contribution is 0.0446. The molecule has 1 aromatic carbocycles. The van der Waals surface area contributed by atoms with Gasteiger partial charge >= 0.3 is 0 Å². The summed E-state index contributed by atoms with van der Waals surface area (Å²) in [5, 5.41) is 10.4. The van der Waals surface area contributed by atoms with Gasteiger partial charge in [-0.3, -0.25) is 0 Å². The lowest BCUT2D eigenvalue weighted by Gasteiger charge is -2.27. The van der Waals surface area contributed by atoms with Crippen LogP contribution in [0.1, 0.15) is 18.9 Å². The Hall–Kier alpha value is -0.130. The molecule has 17 heavy (non-hydrogen) atoms. The fourth-order valence-corrected chi connectivity index (χ4v) is 3.75. The van der Waals surface area contributed by atoms with Crippen molar-refractivity contribution in [3.63, 3.8) is 0 Å². The van der Waals surface area contributed by atoms with E-state index in [1.165, 1.54) is 12.1 Å².